The molecule has 0 saturated carbocycles. The summed E-state index contributed by atoms with van der Waals surface area (Å²) in [5.41, 5.74) is 6.66. The van der Waals surface area contributed by atoms with Gasteiger partial charge in [-0.1, -0.05) is 30.3 Å². The fourth-order valence-electron chi connectivity index (χ4n) is 1.36. The van der Waals surface area contributed by atoms with Gasteiger partial charge in [-0.3, -0.25) is 9.52 Å². The summed E-state index contributed by atoms with van der Waals surface area (Å²) in [5.74, 6) is -0.663. The van der Waals surface area contributed by atoms with Gasteiger partial charge in [0.15, 0.2) is 0 Å². The van der Waals surface area contributed by atoms with E-state index in [-0.39, 0.29) is 0 Å². The lowest BCUT2D eigenvalue weighted by atomic mass is 10.1. The van der Waals surface area contributed by atoms with Gasteiger partial charge in [-0.2, -0.15) is 0 Å². The molecular weight excluding hydrogens is 240 g/mol. The van der Waals surface area contributed by atoms with Crippen LogP contribution in [0, 0.1) is 0 Å². The summed E-state index contributed by atoms with van der Waals surface area (Å²) < 4.78 is 23.5. The van der Waals surface area contributed by atoms with Crippen molar-refractivity contribution in [2.24, 2.45) is 5.73 Å². The van der Waals surface area contributed by atoms with Crippen LogP contribution < -0.4 is 10.5 Å². The van der Waals surface area contributed by atoms with E-state index < -0.39 is 22.0 Å². The molecule has 0 saturated heterocycles. The lowest BCUT2D eigenvalue weighted by Gasteiger charge is -2.10. The van der Waals surface area contributed by atoms with Crippen LogP contribution in [0.3, 0.4) is 0 Å². The summed E-state index contributed by atoms with van der Waals surface area (Å²) >= 11 is 0. The zero-order valence-corrected chi connectivity index (χ0v) is 10.4. The van der Waals surface area contributed by atoms with Crippen LogP contribution in [0.1, 0.15) is 12.0 Å². The zero-order valence-electron chi connectivity index (χ0n) is 9.59. The molecule has 0 bridgehead atoms. The molecule has 5 nitrogen and oxygen atoms in total. The van der Waals surface area contributed by atoms with Gasteiger partial charge in [-0.15, -0.1) is 0 Å². The third kappa shape index (κ3) is 5.46. The van der Waals surface area contributed by atoms with Crippen LogP contribution in [0.4, 0.5) is 0 Å². The van der Waals surface area contributed by atoms with E-state index in [2.05, 4.69) is 0 Å². The van der Waals surface area contributed by atoms with Crippen molar-refractivity contribution in [3.8, 4) is 0 Å². The molecule has 6 heteroatoms. The largest absolute Gasteiger partial charge is 0.320 e. The average Bonchev–Trinajstić information content (AvgIpc) is 2.25. The number of aryl methyl sites for hydroxylation is 1. The first kappa shape index (κ1) is 13.7. The molecule has 0 aliphatic heterocycles. The Morgan fingerprint density at radius 1 is 1.35 bits per heavy atom. The molecule has 3 N–H and O–H groups in total. The summed E-state index contributed by atoms with van der Waals surface area (Å²) in [6.45, 7) is 0. The quantitative estimate of drug-likeness (QED) is 0.777. The Balaban J connectivity index is 2.45. The standard InChI is InChI=1S/C11H16N2O3S/c1-17(15,16)13-11(14)10(12)8-7-9-5-3-2-4-6-9/h2-6,10H,7-8,12H2,1H3,(H,13,14). The molecule has 0 radical (unpaired) electrons. The predicted octanol–water partition coefficient (Wildman–Crippen LogP) is 0.0223. The van der Waals surface area contributed by atoms with Crippen LogP contribution in [0.15, 0.2) is 30.3 Å². The molecule has 0 aromatic heterocycles. The molecule has 0 fully saturated rings. The van der Waals surface area contributed by atoms with E-state index in [1.54, 1.807) is 0 Å². The van der Waals surface area contributed by atoms with Crippen LogP contribution >= 0.6 is 0 Å². The number of hydrogen-bond donors (Lipinski definition) is 2. The van der Waals surface area contributed by atoms with Crippen molar-refractivity contribution in [1.29, 1.82) is 0 Å². The Morgan fingerprint density at radius 2 is 1.94 bits per heavy atom. The highest BCUT2D eigenvalue weighted by Crippen LogP contribution is 2.04. The Morgan fingerprint density at radius 3 is 2.47 bits per heavy atom. The fraction of sp³-hybridized carbons (Fsp3) is 0.364. The van der Waals surface area contributed by atoms with Crippen LogP contribution in [0.25, 0.3) is 0 Å². The monoisotopic (exact) mass is 256 g/mol. The van der Waals surface area contributed by atoms with Crippen LogP contribution in [0.5, 0.6) is 0 Å². The van der Waals surface area contributed by atoms with E-state index in [1.807, 2.05) is 35.1 Å². The predicted molar refractivity (Wildman–Crippen MR) is 65.7 cm³/mol. The second-order valence-electron chi connectivity index (χ2n) is 3.87. The Hall–Kier alpha value is -1.40. The van der Waals surface area contributed by atoms with E-state index in [0.29, 0.717) is 12.8 Å². The molecule has 1 aromatic carbocycles. The molecule has 1 aromatic rings. The Labute approximate surface area is 101 Å². The highest BCUT2D eigenvalue weighted by molar-refractivity contribution is 7.89. The first-order chi connectivity index (χ1) is 7.88. The van der Waals surface area contributed by atoms with Gasteiger partial charge in [0.1, 0.15) is 0 Å². The molecule has 1 rings (SSSR count). The minimum absolute atomic E-state index is 0.408. The highest BCUT2D eigenvalue weighted by atomic mass is 32.2. The van der Waals surface area contributed by atoms with E-state index >= 15 is 0 Å². The van der Waals surface area contributed by atoms with Crippen molar-refractivity contribution >= 4 is 15.9 Å². The molecule has 94 valence electrons. The molecule has 17 heavy (non-hydrogen) atoms. The van der Waals surface area contributed by atoms with Crippen LogP contribution in [-0.2, 0) is 21.2 Å². The van der Waals surface area contributed by atoms with Gasteiger partial charge >= 0.3 is 0 Å². The second-order valence-corrected chi connectivity index (χ2v) is 5.62. The smallest absolute Gasteiger partial charge is 0.250 e. The maximum absolute atomic E-state index is 11.4. The van der Waals surface area contributed by atoms with Gasteiger partial charge in [0.25, 0.3) is 0 Å². The molecule has 1 atom stereocenters. The Bertz CT molecular complexity index is 471. The molecule has 1 unspecified atom stereocenters. The number of carbonyl (C=O) groups is 1. The summed E-state index contributed by atoms with van der Waals surface area (Å²) in [4.78, 5) is 11.4. The lowest BCUT2D eigenvalue weighted by Crippen LogP contribution is -2.43. The van der Waals surface area contributed by atoms with Crippen molar-refractivity contribution in [3.05, 3.63) is 35.9 Å². The average molecular weight is 256 g/mol. The van der Waals surface area contributed by atoms with Crippen molar-refractivity contribution < 1.29 is 13.2 Å². The fourth-order valence-corrected chi connectivity index (χ4v) is 1.87. The van der Waals surface area contributed by atoms with Crippen LogP contribution in [0.2, 0.25) is 0 Å². The number of amides is 1. The van der Waals surface area contributed by atoms with Gasteiger partial charge in [0, 0.05) is 0 Å². The highest BCUT2D eigenvalue weighted by Gasteiger charge is 2.16. The Kier molecular flexibility index (Phi) is 4.65. The SMILES string of the molecule is CS(=O)(=O)NC(=O)C(N)CCc1ccccc1. The third-order valence-corrected chi connectivity index (χ3v) is 2.78. The number of carbonyl (C=O) groups excluding carboxylic acids is 1. The molecule has 1 amide bonds. The van der Waals surface area contributed by atoms with E-state index in [0.717, 1.165) is 11.8 Å². The van der Waals surface area contributed by atoms with E-state index in [1.165, 1.54) is 0 Å². The first-order valence-electron chi connectivity index (χ1n) is 5.19. The second kappa shape index (κ2) is 5.79. The minimum atomic E-state index is -3.53. The number of sulfonamides is 1. The summed E-state index contributed by atoms with van der Waals surface area (Å²) in [6, 6.07) is 8.75. The number of hydrogen-bond acceptors (Lipinski definition) is 4. The molecule has 0 aliphatic carbocycles. The van der Waals surface area contributed by atoms with E-state index in [9.17, 15) is 13.2 Å². The van der Waals surface area contributed by atoms with Crippen molar-refractivity contribution in [3.63, 3.8) is 0 Å². The molecule has 0 aliphatic rings. The normalized spacial score (nSPS) is 13.1. The zero-order chi connectivity index (χ0) is 12.9. The molecular formula is C11H16N2O3S. The minimum Gasteiger partial charge on any atom is -0.320 e. The van der Waals surface area contributed by atoms with Crippen LogP contribution in [-0.4, -0.2) is 26.6 Å². The topological polar surface area (TPSA) is 89.3 Å². The maximum Gasteiger partial charge on any atom is 0.250 e. The van der Waals surface area contributed by atoms with Gasteiger partial charge < -0.3 is 5.73 Å². The number of nitrogens with one attached hydrogen (secondary N) is 1. The summed E-state index contributed by atoms with van der Waals surface area (Å²) in [6.07, 6.45) is 1.97. The number of benzene rings is 1. The summed E-state index contributed by atoms with van der Waals surface area (Å²) in [7, 11) is -3.53. The van der Waals surface area contributed by atoms with Gasteiger partial charge in [0.05, 0.1) is 12.3 Å². The van der Waals surface area contributed by atoms with Crippen molar-refractivity contribution in [2.45, 2.75) is 18.9 Å². The summed E-state index contributed by atoms with van der Waals surface area (Å²) in [5, 5.41) is 0. The number of nitrogens with two attached hydrogens (primary N) is 1. The third-order valence-electron chi connectivity index (χ3n) is 2.21. The van der Waals surface area contributed by atoms with Gasteiger partial charge in [-0.25, -0.2) is 8.42 Å². The van der Waals surface area contributed by atoms with Crippen molar-refractivity contribution in [2.75, 3.05) is 6.26 Å². The number of rotatable bonds is 5. The maximum atomic E-state index is 11.4. The molecule has 0 heterocycles. The first-order valence-corrected chi connectivity index (χ1v) is 7.09. The van der Waals surface area contributed by atoms with Gasteiger partial charge in [-0.05, 0) is 18.4 Å². The van der Waals surface area contributed by atoms with Crippen molar-refractivity contribution in [1.82, 2.24) is 4.72 Å². The lowest BCUT2D eigenvalue weighted by molar-refractivity contribution is -0.120. The van der Waals surface area contributed by atoms with Gasteiger partial charge in [0.2, 0.25) is 15.9 Å². The molecule has 0 spiro atoms. The van der Waals surface area contributed by atoms with E-state index in [4.69, 9.17) is 5.73 Å².